The number of alkyl halides is 1. The lowest BCUT2D eigenvalue weighted by molar-refractivity contribution is 0.0413. The lowest BCUT2D eigenvalue weighted by Gasteiger charge is -2.42. The monoisotopic (exact) mass is 402 g/mol. The van der Waals surface area contributed by atoms with Crippen molar-refractivity contribution in [2.24, 2.45) is 0 Å². The number of hydrogen-bond acceptors (Lipinski definition) is 4. The average molecular weight is 403 g/mol. The van der Waals surface area contributed by atoms with Crippen molar-refractivity contribution in [1.29, 1.82) is 0 Å². The van der Waals surface area contributed by atoms with E-state index in [1.54, 1.807) is 14.2 Å². The van der Waals surface area contributed by atoms with Crippen LogP contribution >= 0.6 is 11.6 Å². The zero-order valence-corrected chi connectivity index (χ0v) is 17.4. The van der Waals surface area contributed by atoms with Gasteiger partial charge < -0.3 is 19.7 Å². The Morgan fingerprint density at radius 3 is 2.21 bits per heavy atom. The standard InChI is InChI=1S/C21H24N2O3.CH3Cl/c1-25-16-5-3-15(4-6-16)14-23-20(24)18-13-17(26-2)7-8-19(18)21(23)9-11-22-12-10-21;1-2/h3-8,13,22H,9-12,14H2,1-2H3;1H3. The van der Waals surface area contributed by atoms with Gasteiger partial charge in [-0.2, -0.15) is 0 Å². The maximum atomic E-state index is 13.3. The zero-order valence-electron chi connectivity index (χ0n) is 16.6. The van der Waals surface area contributed by atoms with Crippen LogP contribution in [0.4, 0.5) is 0 Å². The van der Waals surface area contributed by atoms with Gasteiger partial charge in [0.25, 0.3) is 5.91 Å². The molecule has 2 aromatic rings. The third-order valence-corrected chi connectivity index (χ3v) is 5.65. The molecule has 28 heavy (non-hydrogen) atoms. The molecule has 0 bridgehead atoms. The molecule has 0 unspecified atom stereocenters. The molecule has 4 rings (SSSR count). The second-order valence-electron chi connectivity index (χ2n) is 6.93. The van der Waals surface area contributed by atoms with E-state index in [1.807, 2.05) is 36.4 Å². The number of amides is 1. The highest BCUT2D eigenvalue weighted by molar-refractivity contribution is 6.15. The molecule has 0 saturated carbocycles. The first-order valence-electron chi connectivity index (χ1n) is 9.40. The van der Waals surface area contributed by atoms with Gasteiger partial charge in [0.1, 0.15) is 11.5 Å². The van der Waals surface area contributed by atoms with Gasteiger partial charge in [-0.25, -0.2) is 0 Å². The Kier molecular flexibility index (Phi) is 6.47. The van der Waals surface area contributed by atoms with Gasteiger partial charge in [-0.3, -0.25) is 4.79 Å². The van der Waals surface area contributed by atoms with Gasteiger partial charge in [0.15, 0.2) is 0 Å². The minimum atomic E-state index is -0.232. The first-order chi connectivity index (χ1) is 13.7. The van der Waals surface area contributed by atoms with Crippen molar-refractivity contribution in [2.45, 2.75) is 24.9 Å². The molecule has 2 aliphatic rings. The molecule has 2 aliphatic heterocycles. The summed E-state index contributed by atoms with van der Waals surface area (Å²) in [4.78, 5) is 15.3. The highest BCUT2D eigenvalue weighted by Crippen LogP contribution is 2.46. The van der Waals surface area contributed by atoms with Crippen LogP contribution < -0.4 is 14.8 Å². The topological polar surface area (TPSA) is 50.8 Å². The predicted octanol–water partition coefficient (Wildman–Crippen LogP) is 3.79. The highest BCUT2D eigenvalue weighted by atomic mass is 35.5. The number of halogens is 1. The van der Waals surface area contributed by atoms with Gasteiger partial charge in [-0.15, -0.1) is 11.6 Å². The van der Waals surface area contributed by atoms with Crippen molar-refractivity contribution in [3.05, 3.63) is 59.2 Å². The lowest BCUT2D eigenvalue weighted by Crippen LogP contribution is -2.49. The summed E-state index contributed by atoms with van der Waals surface area (Å²) < 4.78 is 10.6. The van der Waals surface area contributed by atoms with E-state index < -0.39 is 0 Å². The number of ether oxygens (including phenoxy) is 2. The Labute approximate surface area is 171 Å². The molecular weight excluding hydrogens is 376 g/mol. The van der Waals surface area contributed by atoms with Crippen LogP contribution in [0, 0.1) is 0 Å². The SMILES string of the molecule is CCl.COc1ccc(CN2C(=O)c3cc(OC)ccc3C23CCNCC3)cc1. The summed E-state index contributed by atoms with van der Waals surface area (Å²) in [5.74, 6) is 1.65. The van der Waals surface area contributed by atoms with Crippen molar-refractivity contribution in [1.82, 2.24) is 10.2 Å². The van der Waals surface area contributed by atoms with Crippen molar-refractivity contribution in [2.75, 3.05) is 33.7 Å². The minimum absolute atomic E-state index is 0.0941. The van der Waals surface area contributed by atoms with Crippen LogP contribution in [0.3, 0.4) is 0 Å². The number of nitrogens with zero attached hydrogens (tertiary/aromatic N) is 1. The normalized spacial score (nSPS) is 17.0. The van der Waals surface area contributed by atoms with Crippen LogP contribution in [0.15, 0.2) is 42.5 Å². The fourth-order valence-electron chi connectivity index (χ4n) is 4.23. The summed E-state index contributed by atoms with van der Waals surface area (Å²) in [7, 11) is 3.30. The van der Waals surface area contributed by atoms with E-state index in [1.165, 1.54) is 6.38 Å². The predicted molar refractivity (Wildman–Crippen MR) is 111 cm³/mol. The Morgan fingerprint density at radius 1 is 1.00 bits per heavy atom. The van der Waals surface area contributed by atoms with Crippen LogP contribution in [-0.2, 0) is 12.1 Å². The van der Waals surface area contributed by atoms with Crippen molar-refractivity contribution in [3.8, 4) is 11.5 Å². The fourth-order valence-corrected chi connectivity index (χ4v) is 4.23. The third kappa shape index (κ3) is 3.56. The van der Waals surface area contributed by atoms with Crippen LogP contribution in [0.1, 0.15) is 34.3 Å². The maximum Gasteiger partial charge on any atom is 0.255 e. The molecule has 5 nitrogen and oxygen atoms in total. The average Bonchev–Trinajstić information content (AvgIpc) is 2.98. The number of carbonyl (C=O) groups is 1. The first-order valence-corrected chi connectivity index (χ1v) is 10.2. The zero-order chi connectivity index (χ0) is 20.1. The maximum absolute atomic E-state index is 13.3. The smallest absolute Gasteiger partial charge is 0.255 e. The van der Waals surface area contributed by atoms with E-state index in [0.717, 1.165) is 54.1 Å². The van der Waals surface area contributed by atoms with Gasteiger partial charge in [0.05, 0.1) is 19.8 Å². The van der Waals surface area contributed by atoms with Gasteiger partial charge >= 0.3 is 0 Å². The van der Waals surface area contributed by atoms with Crippen LogP contribution in [0.25, 0.3) is 0 Å². The van der Waals surface area contributed by atoms with Crippen LogP contribution in [0.5, 0.6) is 11.5 Å². The van der Waals surface area contributed by atoms with Crippen LogP contribution in [-0.4, -0.2) is 44.5 Å². The fraction of sp³-hybridized carbons (Fsp3) is 0.409. The van der Waals surface area contributed by atoms with E-state index in [9.17, 15) is 4.79 Å². The van der Waals surface area contributed by atoms with E-state index in [2.05, 4.69) is 27.9 Å². The molecular formula is C22H27ClN2O3. The number of benzene rings is 2. The summed E-state index contributed by atoms with van der Waals surface area (Å²) in [6.07, 6.45) is 3.32. The number of nitrogens with one attached hydrogen (secondary N) is 1. The summed E-state index contributed by atoms with van der Waals surface area (Å²) in [6, 6.07) is 13.9. The molecule has 0 aliphatic carbocycles. The Bertz CT molecular complexity index is 817. The van der Waals surface area contributed by atoms with Crippen molar-refractivity contribution < 1.29 is 14.3 Å². The van der Waals surface area contributed by atoms with E-state index >= 15 is 0 Å². The molecule has 2 aromatic carbocycles. The van der Waals surface area contributed by atoms with Gasteiger partial charge in [0.2, 0.25) is 0 Å². The number of fused-ring (bicyclic) bond motifs is 2. The molecule has 150 valence electrons. The number of carbonyl (C=O) groups excluding carboxylic acids is 1. The quantitative estimate of drug-likeness (QED) is 0.790. The molecule has 1 fully saturated rings. The molecule has 0 radical (unpaired) electrons. The van der Waals surface area contributed by atoms with Gasteiger partial charge in [-0.05, 0) is 61.3 Å². The van der Waals surface area contributed by atoms with Crippen molar-refractivity contribution in [3.63, 3.8) is 0 Å². The molecule has 0 aromatic heterocycles. The lowest BCUT2D eigenvalue weighted by atomic mass is 9.81. The van der Waals surface area contributed by atoms with E-state index in [4.69, 9.17) is 9.47 Å². The summed E-state index contributed by atoms with van der Waals surface area (Å²) in [6.45, 7) is 2.43. The molecule has 0 atom stereocenters. The first kappa shape index (κ1) is 20.5. The molecule has 1 spiro atoms. The van der Waals surface area contributed by atoms with Gasteiger partial charge in [-0.1, -0.05) is 18.2 Å². The largest absolute Gasteiger partial charge is 0.497 e. The molecule has 6 heteroatoms. The molecule has 1 amide bonds. The summed E-state index contributed by atoms with van der Waals surface area (Å²) in [5, 5.41) is 3.42. The number of piperidine rings is 1. The number of rotatable bonds is 4. The number of methoxy groups -OCH3 is 2. The number of hydrogen-bond donors (Lipinski definition) is 1. The van der Waals surface area contributed by atoms with E-state index in [-0.39, 0.29) is 11.4 Å². The summed E-state index contributed by atoms with van der Waals surface area (Å²) >= 11 is 4.64. The third-order valence-electron chi connectivity index (χ3n) is 5.65. The Hall–Kier alpha value is -2.24. The Morgan fingerprint density at radius 2 is 1.61 bits per heavy atom. The molecule has 1 saturated heterocycles. The molecule has 1 N–H and O–H groups in total. The summed E-state index contributed by atoms with van der Waals surface area (Å²) in [5.41, 5.74) is 2.79. The minimum Gasteiger partial charge on any atom is -0.497 e. The second-order valence-corrected chi connectivity index (χ2v) is 6.93. The van der Waals surface area contributed by atoms with Crippen LogP contribution in [0.2, 0.25) is 0 Å². The second kappa shape index (κ2) is 8.84. The van der Waals surface area contributed by atoms with Crippen molar-refractivity contribution >= 4 is 17.5 Å². The Balaban J connectivity index is 0.00000109. The van der Waals surface area contributed by atoms with Gasteiger partial charge in [0, 0.05) is 18.5 Å². The highest BCUT2D eigenvalue weighted by Gasteiger charge is 2.49. The molecule has 2 heterocycles. The van der Waals surface area contributed by atoms with E-state index in [0.29, 0.717) is 6.54 Å².